The molecule has 0 spiro atoms. The van der Waals surface area contributed by atoms with Gasteiger partial charge in [0.15, 0.2) is 24.6 Å². The second-order valence-corrected chi connectivity index (χ2v) is 22.4. The predicted octanol–water partition coefficient (Wildman–Crippen LogP) is 18.0. The summed E-state index contributed by atoms with van der Waals surface area (Å²) in [4.78, 5) is 51.3. The standard InChI is InChI=1S/C71H118O12/c1-4-7-10-13-16-19-22-25-28-30-32-34-37-39-42-45-48-51-54-57-63(72)79-60-62(81-64(73)58-55-52-49-46-43-40-36-27-24-21-18-15-12-9-6-3)61-80-71-69(67(76)66(75)68(83-71)70(77)78)82-65(74)59-56-53-50-47-44-41-38-35-33-31-29-26-23-20-17-14-11-8-5-2/h8,11,16-17,19-20,25-26,28-29,33,35,41,44,50,53,62,66-69,71,75-76H,4-7,9-10,12-15,18,21-24,27,30-32,34,36-40,42-43,45-49,51-52,54-61H2,1-3H3,(H,77,78)/b11-8-,19-16-,20-17-,28-25-,29-26-,35-33-,44-41-,53-50-. The second-order valence-electron chi connectivity index (χ2n) is 22.4. The van der Waals surface area contributed by atoms with Crippen molar-refractivity contribution in [3.63, 3.8) is 0 Å². The van der Waals surface area contributed by atoms with Crippen LogP contribution in [0.5, 0.6) is 0 Å². The molecule has 6 unspecified atom stereocenters. The summed E-state index contributed by atoms with van der Waals surface area (Å²) < 4.78 is 28.5. The van der Waals surface area contributed by atoms with Crippen LogP contribution in [0.3, 0.4) is 0 Å². The van der Waals surface area contributed by atoms with Gasteiger partial charge in [0.05, 0.1) is 6.61 Å². The molecule has 1 aliphatic heterocycles. The summed E-state index contributed by atoms with van der Waals surface area (Å²) in [6.45, 7) is 5.85. The van der Waals surface area contributed by atoms with Crippen molar-refractivity contribution in [2.45, 2.75) is 314 Å². The molecule has 12 heteroatoms. The smallest absolute Gasteiger partial charge is 0.335 e. The molecule has 1 aliphatic rings. The Balaban J connectivity index is 2.69. The summed E-state index contributed by atoms with van der Waals surface area (Å²) in [5.41, 5.74) is 0. The highest BCUT2D eigenvalue weighted by molar-refractivity contribution is 5.74. The minimum absolute atomic E-state index is 0.0672. The number of rotatable bonds is 56. The number of esters is 3. The van der Waals surface area contributed by atoms with E-state index < -0.39 is 67.3 Å². The third-order valence-corrected chi connectivity index (χ3v) is 14.7. The SMILES string of the molecule is CC/C=C\C/C=C\C/C=C\C/C=C\C/C=C\C/C=C\CCC(=O)OC1C(OCC(COC(=O)CCCCCCCCCCC/C=C\C/C=C\CCCCC)OC(=O)CCCCCCCCCCCCCCCCC)OC(C(=O)O)C(O)C1O. The molecule has 83 heavy (non-hydrogen) atoms. The van der Waals surface area contributed by atoms with Crippen LogP contribution in [-0.4, -0.2) is 89.2 Å². The van der Waals surface area contributed by atoms with Crippen molar-refractivity contribution in [2.75, 3.05) is 13.2 Å². The molecule has 0 saturated carbocycles. The van der Waals surface area contributed by atoms with Crippen molar-refractivity contribution in [1.29, 1.82) is 0 Å². The van der Waals surface area contributed by atoms with Crippen molar-refractivity contribution >= 4 is 23.9 Å². The molecule has 0 radical (unpaired) electrons. The summed E-state index contributed by atoms with van der Waals surface area (Å²) in [5, 5.41) is 31.6. The van der Waals surface area contributed by atoms with E-state index in [2.05, 4.69) is 99.8 Å². The van der Waals surface area contributed by atoms with Gasteiger partial charge in [-0.15, -0.1) is 0 Å². The van der Waals surface area contributed by atoms with Crippen molar-refractivity contribution in [3.8, 4) is 0 Å². The molecule has 0 bridgehead atoms. The summed E-state index contributed by atoms with van der Waals surface area (Å²) in [6, 6.07) is 0. The lowest BCUT2D eigenvalue weighted by atomic mass is 9.98. The van der Waals surface area contributed by atoms with Crippen LogP contribution >= 0.6 is 0 Å². The molecule has 474 valence electrons. The normalized spacial score (nSPS) is 18.2. The number of hydrogen-bond acceptors (Lipinski definition) is 11. The molecule has 1 heterocycles. The van der Waals surface area contributed by atoms with E-state index in [-0.39, 0.29) is 25.9 Å². The maximum atomic E-state index is 13.2. The number of carboxylic acid groups (broad SMARTS) is 1. The number of carbonyl (C=O) groups excluding carboxylic acids is 3. The second kappa shape index (κ2) is 58.0. The maximum Gasteiger partial charge on any atom is 0.335 e. The maximum absolute atomic E-state index is 13.2. The molecule has 1 saturated heterocycles. The first-order valence-electron chi connectivity index (χ1n) is 33.2. The van der Waals surface area contributed by atoms with Gasteiger partial charge in [0, 0.05) is 19.3 Å². The minimum Gasteiger partial charge on any atom is -0.479 e. The van der Waals surface area contributed by atoms with Gasteiger partial charge in [-0.25, -0.2) is 4.79 Å². The fourth-order valence-electron chi connectivity index (χ4n) is 9.60. The van der Waals surface area contributed by atoms with E-state index in [9.17, 15) is 34.5 Å². The quantitative estimate of drug-likeness (QED) is 0.0228. The fraction of sp³-hybridized carbons (Fsp3) is 0.718. The van der Waals surface area contributed by atoms with E-state index in [1.54, 1.807) is 0 Å². The summed E-state index contributed by atoms with van der Waals surface area (Å²) in [6.07, 6.45) is 65.1. The zero-order valence-corrected chi connectivity index (χ0v) is 52.4. The number of unbranched alkanes of at least 4 members (excludes halogenated alkanes) is 26. The third-order valence-electron chi connectivity index (χ3n) is 14.7. The van der Waals surface area contributed by atoms with Gasteiger partial charge in [0.25, 0.3) is 0 Å². The van der Waals surface area contributed by atoms with Gasteiger partial charge in [-0.05, 0) is 89.9 Å². The number of hydrogen-bond donors (Lipinski definition) is 3. The Kier molecular flexibility index (Phi) is 53.6. The van der Waals surface area contributed by atoms with Crippen LogP contribution in [0, 0.1) is 0 Å². The van der Waals surface area contributed by atoms with Crippen molar-refractivity contribution in [3.05, 3.63) is 97.2 Å². The average molecular weight is 1160 g/mol. The number of allylic oxidation sites excluding steroid dienone is 16. The van der Waals surface area contributed by atoms with Gasteiger partial charge in [-0.2, -0.15) is 0 Å². The van der Waals surface area contributed by atoms with Gasteiger partial charge in [-0.1, -0.05) is 266 Å². The van der Waals surface area contributed by atoms with Crippen molar-refractivity contribution in [2.24, 2.45) is 0 Å². The van der Waals surface area contributed by atoms with Crippen LogP contribution in [0.4, 0.5) is 0 Å². The van der Waals surface area contributed by atoms with Crippen LogP contribution in [0.25, 0.3) is 0 Å². The summed E-state index contributed by atoms with van der Waals surface area (Å²) >= 11 is 0. The monoisotopic (exact) mass is 1160 g/mol. The Bertz CT molecular complexity index is 1810. The number of aliphatic hydroxyl groups excluding tert-OH is 2. The Morgan fingerprint density at radius 1 is 0.410 bits per heavy atom. The Hall–Kier alpha value is -4.36. The van der Waals surface area contributed by atoms with Gasteiger partial charge in [-0.3, -0.25) is 14.4 Å². The molecule has 6 atom stereocenters. The number of carbonyl (C=O) groups is 4. The highest BCUT2D eigenvalue weighted by Crippen LogP contribution is 2.26. The number of aliphatic hydroxyl groups is 2. The van der Waals surface area contributed by atoms with Crippen LogP contribution in [0.15, 0.2) is 97.2 Å². The molecular formula is C71H118O12. The van der Waals surface area contributed by atoms with E-state index in [0.717, 1.165) is 83.5 Å². The summed E-state index contributed by atoms with van der Waals surface area (Å²) in [5.74, 6) is -3.22. The highest BCUT2D eigenvalue weighted by Gasteiger charge is 2.50. The lowest BCUT2D eigenvalue weighted by Gasteiger charge is -2.40. The minimum atomic E-state index is -1.93. The third kappa shape index (κ3) is 47.6. The van der Waals surface area contributed by atoms with Gasteiger partial charge in [0.1, 0.15) is 18.8 Å². The van der Waals surface area contributed by atoms with Crippen LogP contribution < -0.4 is 0 Å². The molecule has 12 nitrogen and oxygen atoms in total. The van der Waals surface area contributed by atoms with Gasteiger partial charge < -0.3 is 39.0 Å². The van der Waals surface area contributed by atoms with Crippen LogP contribution in [-0.2, 0) is 42.9 Å². The first kappa shape index (κ1) is 76.7. The van der Waals surface area contributed by atoms with Crippen molar-refractivity contribution < 1.29 is 58.2 Å². The first-order chi connectivity index (χ1) is 40.6. The van der Waals surface area contributed by atoms with Crippen LogP contribution in [0.1, 0.15) is 278 Å². The summed E-state index contributed by atoms with van der Waals surface area (Å²) in [7, 11) is 0. The molecule has 1 rings (SSSR count). The van der Waals surface area contributed by atoms with E-state index >= 15 is 0 Å². The Morgan fingerprint density at radius 3 is 1.23 bits per heavy atom. The van der Waals surface area contributed by atoms with E-state index in [0.29, 0.717) is 25.7 Å². The molecule has 0 aliphatic carbocycles. The largest absolute Gasteiger partial charge is 0.479 e. The zero-order valence-electron chi connectivity index (χ0n) is 52.4. The molecular weight excluding hydrogens is 1040 g/mol. The zero-order chi connectivity index (χ0) is 60.3. The molecule has 0 amide bonds. The number of aliphatic carboxylic acids is 1. The molecule has 3 N–H and O–H groups in total. The fourth-order valence-corrected chi connectivity index (χ4v) is 9.60. The molecule has 1 fully saturated rings. The van der Waals surface area contributed by atoms with Gasteiger partial charge in [0.2, 0.25) is 0 Å². The van der Waals surface area contributed by atoms with Crippen molar-refractivity contribution in [1.82, 2.24) is 0 Å². The predicted molar refractivity (Wildman–Crippen MR) is 340 cm³/mol. The van der Waals surface area contributed by atoms with E-state index in [1.807, 2.05) is 18.2 Å². The van der Waals surface area contributed by atoms with Gasteiger partial charge >= 0.3 is 23.9 Å². The van der Waals surface area contributed by atoms with E-state index in [4.69, 9.17) is 23.7 Å². The lowest BCUT2D eigenvalue weighted by molar-refractivity contribution is -0.301. The molecule has 0 aromatic heterocycles. The molecule has 0 aromatic carbocycles. The topological polar surface area (TPSA) is 175 Å². The number of carboxylic acids is 1. The van der Waals surface area contributed by atoms with Crippen LogP contribution in [0.2, 0.25) is 0 Å². The first-order valence-corrected chi connectivity index (χ1v) is 33.2. The lowest BCUT2D eigenvalue weighted by Crippen LogP contribution is -2.61. The Morgan fingerprint density at radius 2 is 0.783 bits per heavy atom. The molecule has 0 aromatic rings. The Labute approximate surface area is 504 Å². The van der Waals surface area contributed by atoms with E-state index in [1.165, 1.54) is 128 Å². The number of ether oxygens (including phenoxy) is 5. The highest BCUT2D eigenvalue weighted by atomic mass is 16.7. The average Bonchev–Trinajstić information content (AvgIpc) is 3.60.